The van der Waals surface area contributed by atoms with E-state index >= 15 is 0 Å². The van der Waals surface area contributed by atoms with E-state index in [9.17, 15) is 0 Å². The molecule has 0 aliphatic carbocycles. The molecule has 0 saturated carbocycles. The number of nitrogens with two attached hydrogens (primary N) is 1. The first kappa shape index (κ1) is 20.7. The standard InChI is InChI=1S/C19H23N6O2S.Tl/c1-19(2,3)23-7-4-8-25-17-15(16(20)21-10-22-17)24-18(25)28-12-5-6-13-14(9-12)27-11-26-13;/h6,9-10,23H,4,7-8,11H2,1-3H3,(H2,20,21,22);. The predicted molar refractivity (Wildman–Crippen MR) is 114 cm³/mol. The van der Waals surface area contributed by atoms with Crippen LogP contribution in [0.25, 0.3) is 11.2 Å². The number of imidazole rings is 1. The summed E-state index contributed by atoms with van der Waals surface area (Å²) >= 11 is 2.28. The Balaban J connectivity index is 1.64. The molecule has 0 radical (unpaired) electrons. The van der Waals surface area contributed by atoms with Gasteiger partial charge in [-0.25, -0.2) is 0 Å². The molecule has 1 aliphatic rings. The Hall–Kier alpha value is -1.60. The molecular weight excluding hydrogens is 581 g/mol. The van der Waals surface area contributed by atoms with Crippen LogP contribution >= 0.6 is 11.8 Å². The van der Waals surface area contributed by atoms with E-state index in [0.717, 1.165) is 46.7 Å². The summed E-state index contributed by atoms with van der Waals surface area (Å²) in [4.78, 5) is 14.5. The van der Waals surface area contributed by atoms with Crippen molar-refractivity contribution in [2.45, 2.75) is 49.3 Å². The van der Waals surface area contributed by atoms with Gasteiger partial charge in [0.25, 0.3) is 0 Å². The van der Waals surface area contributed by atoms with Crippen LogP contribution in [0.4, 0.5) is 5.82 Å². The zero-order valence-electron chi connectivity index (χ0n) is 16.7. The molecule has 150 valence electrons. The monoisotopic (exact) mass is 604 g/mol. The number of benzene rings is 1. The molecule has 8 nitrogen and oxygen atoms in total. The Kier molecular flexibility index (Phi) is 5.89. The first-order chi connectivity index (χ1) is 13.8. The second-order valence-electron chi connectivity index (χ2n) is 7.85. The summed E-state index contributed by atoms with van der Waals surface area (Å²) in [6, 6.07) is 4.12. The number of aromatic nitrogens is 4. The fourth-order valence-electron chi connectivity index (χ4n) is 3.04. The normalized spacial score (nSPS) is 13.3. The summed E-state index contributed by atoms with van der Waals surface area (Å²) in [5.41, 5.74) is 7.59. The molecule has 4 rings (SSSR count). The first-order valence-electron chi connectivity index (χ1n) is 9.40. The predicted octanol–water partition coefficient (Wildman–Crippen LogP) is 1.86. The van der Waals surface area contributed by atoms with Crippen molar-refractivity contribution in [2.75, 3.05) is 19.1 Å². The molecule has 0 saturated heterocycles. The van der Waals surface area contributed by atoms with Crippen molar-refractivity contribution in [1.29, 1.82) is 0 Å². The van der Waals surface area contributed by atoms with Gasteiger partial charge in [0, 0.05) is 0 Å². The van der Waals surface area contributed by atoms with Crippen molar-refractivity contribution in [1.82, 2.24) is 24.8 Å². The average Bonchev–Trinajstić information content (AvgIpc) is 3.23. The van der Waals surface area contributed by atoms with Crippen LogP contribution in [0.3, 0.4) is 0 Å². The Morgan fingerprint density at radius 3 is 2.76 bits per heavy atom. The Bertz CT molecular complexity index is 1050. The van der Waals surface area contributed by atoms with E-state index < -0.39 is 0 Å². The number of nitrogens with zero attached hydrogens (tertiary/aromatic N) is 4. The topological polar surface area (TPSA) is 100 Å². The van der Waals surface area contributed by atoms with Crippen molar-refractivity contribution in [3.8, 4) is 11.5 Å². The second-order valence-corrected chi connectivity index (χ2v) is 11.3. The summed E-state index contributed by atoms with van der Waals surface area (Å²) < 4.78 is 14.5. The molecule has 0 fully saturated rings. The zero-order valence-corrected chi connectivity index (χ0v) is 22.0. The maximum absolute atomic E-state index is 6.07. The van der Waals surface area contributed by atoms with Gasteiger partial charge < -0.3 is 0 Å². The van der Waals surface area contributed by atoms with E-state index in [4.69, 9.17) is 20.2 Å². The van der Waals surface area contributed by atoms with Gasteiger partial charge in [-0.05, 0) is 0 Å². The van der Waals surface area contributed by atoms with Crippen LogP contribution in [0.5, 0.6) is 11.5 Å². The summed E-state index contributed by atoms with van der Waals surface area (Å²) in [6.07, 6.45) is 2.45. The molecule has 1 aliphatic heterocycles. The van der Waals surface area contributed by atoms with Crippen LogP contribution in [-0.2, 0) is 6.54 Å². The van der Waals surface area contributed by atoms with Crippen molar-refractivity contribution in [3.63, 3.8) is 0 Å². The molecule has 10 heteroatoms. The number of ether oxygens (including phenoxy) is 2. The number of hydrogen-bond donors (Lipinski definition) is 2. The van der Waals surface area contributed by atoms with Gasteiger partial charge in [-0.15, -0.1) is 0 Å². The molecule has 3 N–H and O–H groups in total. The van der Waals surface area contributed by atoms with E-state index in [1.54, 1.807) is 11.8 Å². The Labute approximate surface area is 189 Å². The molecule has 29 heavy (non-hydrogen) atoms. The average molecular weight is 604 g/mol. The number of fused-ring (bicyclic) bond motifs is 2. The van der Waals surface area contributed by atoms with Crippen LogP contribution < -0.4 is 23.6 Å². The SMILES string of the molecule is CC(C)(C)NCCCn1c(Sc2cc3c(c[c]2[Tl])OCO3)nc2c(N)ncnc21. The van der Waals surface area contributed by atoms with Crippen LogP contribution in [0.2, 0.25) is 0 Å². The molecule has 3 aromatic rings. The van der Waals surface area contributed by atoms with Gasteiger partial charge >= 0.3 is 190 Å². The molecule has 0 atom stereocenters. The third kappa shape index (κ3) is 4.61. The van der Waals surface area contributed by atoms with Crippen molar-refractivity contribution in [2.24, 2.45) is 0 Å². The summed E-state index contributed by atoms with van der Waals surface area (Å²) in [7, 11) is 0. The van der Waals surface area contributed by atoms with E-state index in [-0.39, 0.29) is 12.3 Å². The van der Waals surface area contributed by atoms with Gasteiger partial charge in [-0.1, -0.05) is 0 Å². The van der Waals surface area contributed by atoms with Crippen molar-refractivity contribution in [3.05, 3.63) is 18.5 Å². The fourth-order valence-corrected chi connectivity index (χ4v) is 5.60. The second kappa shape index (κ2) is 8.26. The van der Waals surface area contributed by atoms with Gasteiger partial charge in [0.05, 0.1) is 0 Å². The van der Waals surface area contributed by atoms with E-state index in [0.29, 0.717) is 37.1 Å². The fraction of sp³-hybridized carbons (Fsp3) is 0.421. The summed E-state index contributed by atoms with van der Waals surface area (Å²) in [5.74, 6) is 2.01. The maximum atomic E-state index is 6.07. The minimum atomic E-state index is 0.0936. The number of nitrogens with one attached hydrogen (secondary N) is 1. The molecule has 0 bridgehead atoms. The summed E-state index contributed by atoms with van der Waals surface area (Å²) in [6.45, 7) is 8.48. The van der Waals surface area contributed by atoms with Gasteiger partial charge in [0.2, 0.25) is 0 Å². The molecular formula is C19H23N6O2STl. The molecule has 0 unspecified atom stereocenters. The van der Waals surface area contributed by atoms with Crippen molar-refractivity contribution >= 4 is 57.6 Å². The zero-order chi connectivity index (χ0) is 20.6. The minimum absolute atomic E-state index is 0.0936. The quantitative estimate of drug-likeness (QED) is 0.326. The van der Waals surface area contributed by atoms with E-state index in [1.165, 1.54) is 9.45 Å². The molecule has 0 spiro atoms. The number of anilines is 1. The molecule has 2 aromatic heterocycles. The van der Waals surface area contributed by atoms with E-state index in [2.05, 4.69) is 46.7 Å². The van der Waals surface area contributed by atoms with Gasteiger partial charge in [0.1, 0.15) is 0 Å². The molecule has 3 heterocycles. The van der Waals surface area contributed by atoms with Crippen LogP contribution in [-0.4, -0.2) is 64.2 Å². The van der Waals surface area contributed by atoms with Gasteiger partial charge in [-0.3, -0.25) is 0 Å². The number of nitrogen functional groups attached to an aromatic ring is 1. The Morgan fingerprint density at radius 1 is 1.24 bits per heavy atom. The molecule has 1 aromatic carbocycles. The first-order valence-corrected chi connectivity index (χ1v) is 12.5. The number of rotatable bonds is 6. The van der Waals surface area contributed by atoms with Gasteiger partial charge in [0.15, 0.2) is 0 Å². The summed E-state index contributed by atoms with van der Waals surface area (Å²) in [5, 5.41) is 4.39. The van der Waals surface area contributed by atoms with Crippen LogP contribution in [0.15, 0.2) is 28.5 Å². The third-order valence-corrected chi connectivity index (χ3v) is 8.18. The Morgan fingerprint density at radius 2 is 2.00 bits per heavy atom. The van der Waals surface area contributed by atoms with E-state index in [1.807, 2.05) is 6.07 Å². The number of hydrogen-bond acceptors (Lipinski definition) is 8. The molecule has 0 amide bonds. The van der Waals surface area contributed by atoms with Crippen LogP contribution in [0, 0.1) is 0 Å². The number of aryl methyl sites for hydroxylation is 1. The van der Waals surface area contributed by atoms with Crippen molar-refractivity contribution < 1.29 is 9.47 Å². The van der Waals surface area contributed by atoms with Gasteiger partial charge in [-0.2, -0.15) is 0 Å². The van der Waals surface area contributed by atoms with Crippen LogP contribution in [0.1, 0.15) is 27.2 Å². The third-order valence-electron chi connectivity index (χ3n) is 4.45.